The van der Waals surface area contributed by atoms with Gasteiger partial charge in [-0.1, -0.05) is 6.07 Å². The van der Waals surface area contributed by atoms with Crippen molar-refractivity contribution in [3.63, 3.8) is 0 Å². The van der Waals surface area contributed by atoms with Crippen molar-refractivity contribution in [2.24, 2.45) is 5.84 Å². The number of hydrogen-bond donors (Lipinski definition) is 2. The number of nitrogen functional groups attached to an aromatic ring is 1. The molecule has 4 rings (SSSR count). The summed E-state index contributed by atoms with van der Waals surface area (Å²) in [5.74, 6) is 5.82. The van der Waals surface area contributed by atoms with Crippen LogP contribution in [0, 0.1) is 0 Å². The molecule has 0 atom stereocenters. The van der Waals surface area contributed by atoms with Gasteiger partial charge in [0.2, 0.25) is 11.1 Å². The minimum absolute atomic E-state index is 0.390. The molecule has 9 heteroatoms. The van der Waals surface area contributed by atoms with E-state index in [1.54, 1.807) is 11.3 Å². The molecule has 104 valence electrons. The third-order valence-electron chi connectivity index (χ3n) is 2.89. The van der Waals surface area contributed by atoms with Gasteiger partial charge in [-0.2, -0.15) is 0 Å². The molecule has 0 aromatic carbocycles. The normalized spacial score (nSPS) is 11.3. The lowest BCUT2D eigenvalue weighted by Crippen LogP contribution is -2.10. The number of nitrogens with zero attached hydrogens (tertiary/aromatic N) is 5. The first kappa shape index (κ1) is 12.5. The van der Waals surface area contributed by atoms with E-state index in [0.29, 0.717) is 5.95 Å². The number of nitrogens with two attached hydrogens (primary N) is 1. The quantitative estimate of drug-likeness (QED) is 0.340. The van der Waals surface area contributed by atoms with Gasteiger partial charge in [0.15, 0.2) is 5.65 Å². The van der Waals surface area contributed by atoms with Gasteiger partial charge in [-0.25, -0.2) is 15.8 Å². The topological polar surface area (TPSA) is 94.0 Å². The van der Waals surface area contributed by atoms with Crippen LogP contribution in [0.3, 0.4) is 0 Å². The Morgan fingerprint density at radius 3 is 3.05 bits per heavy atom. The van der Waals surface area contributed by atoms with Gasteiger partial charge in [0.25, 0.3) is 0 Å². The Hall–Kier alpha value is -2.23. The molecule has 4 aromatic heterocycles. The molecule has 0 aliphatic carbocycles. The SMILES string of the molecule is NNc1nc(Sc2nnc3ccccn23)c2ccsc2n1. The summed E-state index contributed by atoms with van der Waals surface area (Å²) in [6.45, 7) is 0. The van der Waals surface area contributed by atoms with Gasteiger partial charge in [0.05, 0.1) is 0 Å². The fourth-order valence-electron chi connectivity index (χ4n) is 1.95. The molecule has 0 spiro atoms. The summed E-state index contributed by atoms with van der Waals surface area (Å²) < 4.78 is 1.92. The lowest BCUT2D eigenvalue weighted by Gasteiger charge is -2.04. The van der Waals surface area contributed by atoms with Crippen LogP contribution in [-0.2, 0) is 0 Å². The lowest BCUT2D eigenvalue weighted by atomic mass is 10.4. The van der Waals surface area contributed by atoms with Crippen molar-refractivity contribution >= 4 is 44.9 Å². The molecule has 0 fully saturated rings. The number of nitrogens with one attached hydrogen (secondary N) is 1. The Labute approximate surface area is 127 Å². The van der Waals surface area contributed by atoms with Crippen LogP contribution in [0.4, 0.5) is 5.95 Å². The maximum Gasteiger partial charge on any atom is 0.239 e. The van der Waals surface area contributed by atoms with E-state index in [1.807, 2.05) is 40.2 Å². The summed E-state index contributed by atoms with van der Waals surface area (Å²) in [6.07, 6.45) is 1.92. The van der Waals surface area contributed by atoms with Crippen molar-refractivity contribution in [2.75, 3.05) is 5.43 Å². The summed E-state index contributed by atoms with van der Waals surface area (Å²) in [4.78, 5) is 9.62. The minimum atomic E-state index is 0.390. The fraction of sp³-hybridized carbons (Fsp3) is 0. The molecule has 4 heterocycles. The van der Waals surface area contributed by atoms with Crippen LogP contribution in [0.5, 0.6) is 0 Å². The van der Waals surface area contributed by atoms with Gasteiger partial charge in [-0.05, 0) is 35.3 Å². The minimum Gasteiger partial charge on any atom is -0.292 e. The number of thiophene rings is 1. The smallest absolute Gasteiger partial charge is 0.239 e. The maximum atomic E-state index is 5.43. The Morgan fingerprint density at radius 2 is 2.14 bits per heavy atom. The summed E-state index contributed by atoms with van der Waals surface area (Å²) in [5, 5.41) is 12.8. The van der Waals surface area contributed by atoms with Crippen LogP contribution in [0.15, 0.2) is 46.0 Å². The molecule has 4 aromatic rings. The van der Waals surface area contributed by atoms with E-state index in [1.165, 1.54) is 11.8 Å². The molecule has 0 saturated heterocycles. The average Bonchev–Trinajstić information content (AvgIpc) is 3.14. The highest BCUT2D eigenvalue weighted by Crippen LogP contribution is 2.33. The predicted octanol–water partition coefficient (Wildman–Crippen LogP) is 2.17. The Bertz CT molecular complexity index is 930. The zero-order valence-electron chi connectivity index (χ0n) is 10.6. The molecule has 0 amide bonds. The lowest BCUT2D eigenvalue weighted by molar-refractivity contribution is 0.917. The van der Waals surface area contributed by atoms with Crippen LogP contribution in [0.2, 0.25) is 0 Å². The van der Waals surface area contributed by atoms with E-state index < -0.39 is 0 Å². The van der Waals surface area contributed by atoms with Gasteiger partial charge in [-0.3, -0.25) is 9.83 Å². The molecule has 7 nitrogen and oxygen atoms in total. The largest absolute Gasteiger partial charge is 0.292 e. The van der Waals surface area contributed by atoms with Crippen molar-refractivity contribution in [3.8, 4) is 0 Å². The van der Waals surface area contributed by atoms with Crippen LogP contribution in [0.1, 0.15) is 0 Å². The van der Waals surface area contributed by atoms with Crippen LogP contribution < -0.4 is 11.3 Å². The van der Waals surface area contributed by atoms with E-state index in [0.717, 1.165) is 26.0 Å². The van der Waals surface area contributed by atoms with Crippen LogP contribution in [0.25, 0.3) is 15.9 Å². The van der Waals surface area contributed by atoms with Crippen molar-refractivity contribution in [3.05, 3.63) is 35.8 Å². The molecule has 3 N–H and O–H groups in total. The molecule has 0 saturated carbocycles. The standard InChI is InChI=1S/C12H9N7S2/c13-16-11-14-9-7(4-6-20-9)10(15-11)21-12-18-17-8-3-1-2-5-19(8)12/h1-6H,13H2,(H,14,15,16). The number of rotatable bonds is 3. The number of fused-ring (bicyclic) bond motifs is 2. The highest BCUT2D eigenvalue weighted by Gasteiger charge is 2.13. The highest BCUT2D eigenvalue weighted by molar-refractivity contribution is 7.99. The van der Waals surface area contributed by atoms with Gasteiger partial charge in [0, 0.05) is 11.6 Å². The number of anilines is 1. The molecule has 0 aliphatic rings. The van der Waals surface area contributed by atoms with Crippen LogP contribution >= 0.6 is 23.1 Å². The highest BCUT2D eigenvalue weighted by atomic mass is 32.2. The van der Waals surface area contributed by atoms with E-state index in [2.05, 4.69) is 25.6 Å². The van der Waals surface area contributed by atoms with Gasteiger partial charge in [-0.15, -0.1) is 21.5 Å². The van der Waals surface area contributed by atoms with E-state index >= 15 is 0 Å². The summed E-state index contributed by atoms with van der Waals surface area (Å²) in [7, 11) is 0. The molecule has 0 unspecified atom stereocenters. The monoisotopic (exact) mass is 315 g/mol. The zero-order chi connectivity index (χ0) is 14.2. The summed E-state index contributed by atoms with van der Waals surface area (Å²) in [6, 6.07) is 7.76. The molecular formula is C12H9N7S2. The second-order valence-electron chi connectivity index (χ2n) is 4.15. The van der Waals surface area contributed by atoms with E-state index in [-0.39, 0.29) is 0 Å². The second-order valence-corrected chi connectivity index (χ2v) is 6.00. The average molecular weight is 315 g/mol. The molecule has 21 heavy (non-hydrogen) atoms. The molecule has 0 bridgehead atoms. The third kappa shape index (κ3) is 2.11. The number of pyridine rings is 1. The van der Waals surface area contributed by atoms with Crippen molar-refractivity contribution in [1.29, 1.82) is 0 Å². The first-order chi connectivity index (χ1) is 10.3. The molecular weight excluding hydrogens is 306 g/mol. The molecule has 0 radical (unpaired) electrons. The third-order valence-corrected chi connectivity index (χ3v) is 4.66. The number of hydrazine groups is 1. The van der Waals surface area contributed by atoms with Gasteiger partial charge < -0.3 is 0 Å². The Balaban J connectivity index is 1.85. The van der Waals surface area contributed by atoms with Gasteiger partial charge >= 0.3 is 0 Å². The zero-order valence-corrected chi connectivity index (χ0v) is 12.2. The number of aromatic nitrogens is 5. The fourth-order valence-corrected chi connectivity index (χ4v) is 3.69. The first-order valence-corrected chi connectivity index (χ1v) is 7.74. The van der Waals surface area contributed by atoms with Gasteiger partial charge in [0.1, 0.15) is 9.86 Å². The Morgan fingerprint density at radius 1 is 1.19 bits per heavy atom. The van der Waals surface area contributed by atoms with E-state index in [9.17, 15) is 0 Å². The van der Waals surface area contributed by atoms with Crippen molar-refractivity contribution in [2.45, 2.75) is 10.2 Å². The predicted molar refractivity (Wildman–Crippen MR) is 82.3 cm³/mol. The Kier molecular flexibility index (Phi) is 2.95. The summed E-state index contributed by atoms with van der Waals surface area (Å²) >= 11 is 2.98. The second kappa shape index (κ2) is 4.95. The maximum absolute atomic E-state index is 5.43. The van der Waals surface area contributed by atoms with Crippen molar-refractivity contribution in [1.82, 2.24) is 24.6 Å². The van der Waals surface area contributed by atoms with E-state index in [4.69, 9.17) is 5.84 Å². The molecule has 0 aliphatic heterocycles. The van der Waals surface area contributed by atoms with Crippen molar-refractivity contribution < 1.29 is 0 Å². The van der Waals surface area contributed by atoms with Crippen LogP contribution in [-0.4, -0.2) is 24.6 Å². The summed E-state index contributed by atoms with van der Waals surface area (Å²) in [5.41, 5.74) is 3.29. The first-order valence-electron chi connectivity index (χ1n) is 6.04. The number of hydrogen-bond acceptors (Lipinski definition) is 8.